The van der Waals surface area contributed by atoms with Crippen LogP contribution in [0.25, 0.3) is 11.2 Å². The van der Waals surface area contributed by atoms with Gasteiger partial charge in [-0.15, -0.1) is 0 Å². The van der Waals surface area contributed by atoms with Crippen molar-refractivity contribution in [1.29, 1.82) is 0 Å². The zero-order chi connectivity index (χ0) is 21.0. The van der Waals surface area contributed by atoms with Gasteiger partial charge in [-0.05, 0) is 11.1 Å². The maximum Gasteiger partial charge on any atom is 0.227 e. The van der Waals surface area contributed by atoms with Gasteiger partial charge < -0.3 is 14.6 Å². The number of nitrogens with zero attached hydrogens (tertiary/aromatic N) is 6. The van der Waals surface area contributed by atoms with E-state index in [4.69, 9.17) is 4.98 Å². The highest BCUT2D eigenvalue weighted by atomic mass is 16.3. The van der Waals surface area contributed by atoms with E-state index in [1.807, 2.05) is 4.57 Å². The average Bonchev–Trinajstić information content (AvgIpc) is 3.23. The van der Waals surface area contributed by atoms with E-state index in [-0.39, 0.29) is 12.6 Å². The summed E-state index contributed by atoms with van der Waals surface area (Å²) in [5.41, 5.74) is 4.15. The largest absolute Gasteiger partial charge is 0.395 e. The number of aliphatic hydroxyl groups is 1. The highest BCUT2D eigenvalue weighted by Gasteiger charge is 2.27. The van der Waals surface area contributed by atoms with Gasteiger partial charge in [0.05, 0.1) is 25.2 Å². The molecule has 0 unspecified atom stereocenters. The lowest BCUT2D eigenvalue weighted by molar-refractivity contribution is 0.211. The summed E-state index contributed by atoms with van der Waals surface area (Å²) in [6.45, 7) is 4.10. The van der Waals surface area contributed by atoms with Crippen molar-refractivity contribution in [2.75, 3.05) is 37.7 Å². The quantitative estimate of drug-likeness (QED) is 0.523. The number of aliphatic hydroxyl groups excluding tert-OH is 1. The summed E-state index contributed by atoms with van der Waals surface area (Å²) in [5.74, 6) is 0.725. The summed E-state index contributed by atoms with van der Waals surface area (Å²) in [6, 6.07) is 21.7. The number of piperazine rings is 1. The van der Waals surface area contributed by atoms with Crippen LogP contribution in [0.15, 0.2) is 73.2 Å². The lowest BCUT2D eigenvalue weighted by Gasteiger charge is -2.39. The summed E-state index contributed by atoms with van der Waals surface area (Å²) in [7, 11) is 0. The molecular formula is C24H26N6O. The Bertz CT molecular complexity index is 1080. The lowest BCUT2D eigenvalue weighted by Crippen LogP contribution is -2.48. The molecule has 4 aromatic rings. The molecule has 1 saturated heterocycles. The third kappa shape index (κ3) is 4.02. The number of benzene rings is 2. The number of hydrogen-bond donors (Lipinski definition) is 1. The van der Waals surface area contributed by atoms with Gasteiger partial charge in [0.25, 0.3) is 0 Å². The zero-order valence-corrected chi connectivity index (χ0v) is 17.4. The minimum absolute atomic E-state index is 0.0594. The van der Waals surface area contributed by atoms with Crippen LogP contribution in [0.1, 0.15) is 17.2 Å². The van der Waals surface area contributed by atoms with Crippen molar-refractivity contribution in [1.82, 2.24) is 24.4 Å². The number of aromatic nitrogens is 4. The second-order valence-electron chi connectivity index (χ2n) is 7.79. The molecule has 0 aliphatic carbocycles. The van der Waals surface area contributed by atoms with Crippen molar-refractivity contribution < 1.29 is 5.11 Å². The maximum atomic E-state index is 9.28. The molecule has 5 rings (SSSR count). The number of rotatable bonds is 6. The van der Waals surface area contributed by atoms with Crippen molar-refractivity contribution in [2.45, 2.75) is 12.6 Å². The van der Waals surface area contributed by atoms with Gasteiger partial charge in [-0.2, -0.15) is 4.98 Å². The molecule has 7 heteroatoms. The van der Waals surface area contributed by atoms with Gasteiger partial charge in [-0.3, -0.25) is 4.90 Å². The van der Waals surface area contributed by atoms with Crippen LogP contribution in [0.3, 0.4) is 0 Å². The van der Waals surface area contributed by atoms with Crippen molar-refractivity contribution in [3.8, 4) is 0 Å². The second-order valence-corrected chi connectivity index (χ2v) is 7.79. The van der Waals surface area contributed by atoms with Gasteiger partial charge >= 0.3 is 0 Å². The van der Waals surface area contributed by atoms with E-state index in [0.29, 0.717) is 6.54 Å². The first-order valence-corrected chi connectivity index (χ1v) is 10.7. The van der Waals surface area contributed by atoms with Crippen LogP contribution in [-0.2, 0) is 6.54 Å². The fraction of sp³-hybridized carbons (Fsp3) is 0.292. The number of hydrogen-bond acceptors (Lipinski definition) is 6. The number of anilines is 1. The molecule has 0 spiro atoms. The molecule has 3 heterocycles. The van der Waals surface area contributed by atoms with Gasteiger partial charge in [-0.1, -0.05) is 60.7 Å². The Morgan fingerprint density at radius 3 is 2.10 bits per heavy atom. The van der Waals surface area contributed by atoms with Gasteiger partial charge in [0.1, 0.15) is 5.52 Å². The molecule has 7 nitrogen and oxygen atoms in total. The summed E-state index contributed by atoms with van der Waals surface area (Å²) in [4.78, 5) is 18.4. The molecule has 0 radical (unpaired) electrons. The van der Waals surface area contributed by atoms with E-state index in [2.05, 4.69) is 80.4 Å². The molecule has 2 aromatic carbocycles. The zero-order valence-electron chi connectivity index (χ0n) is 17.4. The SMILES string of the molecule is OCCn1cnc2cnc(N3CCN(C(c4ccccc4)c4ccccc4)CC3)nc21. The fourth-order valence-corrected chi connectivity index (χ4v) is 4.34. The number of imidazole rings is 1. The standard InChI is InChI=1S/C24H26N6O/c31-16-15-30-18-26-21-17-25-24(27-23(21)30)29-13-11-28(12-14-29)22(19-7-3-1-4-8-19)20-9-5-2-6-10-20/h1-10,17-18,22,31H,11-16H2. The third-order valence-electron chi connectivity index (χ3n) is 5.88. The van der Waals surface area contributed by atoms with Crippen LogP contribution < -0.4 is 4.90 Å². The summed E-state index contributed by atoms with van der Waals surface area (Å²) in [6.07, 6.45) is 3.48. The highest BCUT2D eigenvalue weighted by molar-refractivity contribution is 5.71. The Labute approximate surface area is 181 Å². The van der Waals surface area contributed by atoms with E-state index in [0.717, 1.165) is 43.3 Å². The molecule has 0 bridgehead atoms. The van der Waals surface area contributed by atoms with Crippen LogP contribution in [0.2, 0.25) is 0 Å². The number of fused-ring (bicyclic) bond motifs is 1. The Morgan fingerprint density at radius 1 is 0.839 bits per heavy atom. The molecule has 1 fully saturated rings. The summed E-state index contributed by atoms with van der Waals surface area (Å²) < 4.78 is 1.87. The summed E-state index contributed by atoms with van der Waals surface area (Å²) in [5, 5.41) is 9.28. The fourth-order valence-electron chi connectivity index (χ4n) is 4.34. The topological polar surface area (TPSA) is 70.3 Å². The molecule has 1 aliphatic rings. The van der Waals surface area contributed by atoms with Crippen molar-refractivity contribution in [3.05, 3.63) is 84.3 Å². The molecule has 0 amide bonds. The molecule has 158 valence electrons. The van der Waals surface area contributed by atoms with Crippen molar-refractivity contribution >= 4 is 17.1 Å². The van der Waals surface area contributed by atoms with Crippen molar-refractivity contribution in [2.24, 2.45) is 0 Å². The van der Waals surface area contributed by atoms with Crippen LogP contribution in [0.5, 0.6) is 0 Å². The third-order valence-corrected chi connectivity index (χ3v) is 5.88. The lowest BCUT2D eigenvalue weighted by atomic mass is 9.96. The Morgan fingerprint density at radius 2 is 1.48 bits per heavy atom. The Kier molecular flexibility index (Phi) is 5.60. The Balaban J connectivity index is 1.36. The first kappa shape index (κ1) is 19.7. The molecule has 2 aromatic heterocycles. The van der Waals surface area contributed by atoms with Gasteiger partial charge in [0.15, 0.2) is 5.65 Å². The molecule has 1 aliphatic heterocycles. The molecule has 0 atom stereocenters. The second kappa shape index (κ2) is 8.83. The molecular weight excluding hydrogens is 388 g/mol. The normalized spacial score (nSPS) is 15.1. The predicted molar refractivity (Wildman–Crippen MR) is 121 cm³/mol. The summed E-state index contributed by atoms with van der Waals surface area (Å²) >= 11 is 0. The first-order chi connectivity index (χ1) is 15.3. The van der Waals surface area contributed by atoms with Gasteiger partial charge in [0.2, 0.25) is 5.95 Å². The van der Waals surface area contributed by atoms with Crippen molar-refractivity contribution in [3.63, 3.8) is 0 Å². The molecule has 1 N–H and O–H groups in total. The van der Waals surface area contributed by atoms with Crippen LogP contribution in [0, 0.1) is 0 Å². The minimum Gasteiger partial charge on any atom is -0.395 e. The van der Waals surface area contributed by atoms with Crippen LogP contribution in [-0.4, -0.2) is 62.3 Å². The van der Waals surface area contributed by atoms with E-state index in [9.17, 15) is 5.11 Å². The first-order valence-electron chi connectivity index (χ1n) is 10.7. The average molecular weight is 415 g/mol. The van der Waals surface area contributed by atoms with E-state index >= 15 is 0 Å². The van der Waals surface area contributed by atoms with E-state index in [1.54, 1.807) is 12.5 Å². The molecule has 0 saturated carbocycles. The predicted octanol–water partition coefficient (Wildman–Crippen LogP) is 2.73. The van der Waals surface area contributed by atoms with Gasteiger partial charge in [0, 0.05) is 32.7 Å². The van der Waals surface area contributed by atoms with Crippen LogP contribution in [0.4, 0.5) is 5.95 Å². The monoisotopic (exact) mass is 414 g/mol. The van der Waals surface area contributed by atoms with Gasteiger partial charge in [-0.25, -0.2) is 9.97 Å². The molecule has 31 heavy (non-hydrogen) atoms. The Hall–Kier alpha value is -3.29. The maximum absolute atomic E-state index is 9.28. The van der Waals surface area contributed by atoms with E-state index < -0.39 is 0 Å². The minimum atomic E-state index is 0.0594. The highest BCUT2D eigenvalue weighted by Crippen LogP contribution is 2.30. The van der Waals surface area contributed by atoms with E-state index in [1.165, 1.54) is 11.1 Å². The smallest absolute Gasteiger partial charge is 0.227 e. The van der Waals surface area contributed by atoms with Crippen LogP contribution >= 0.6 is 0 Å².